The average Bonchev–Trinajstić information content (AvgIpc) is 2.05. The number of hydrogen-bond donors (Lipinski definition) is 0. The second-order valence-corrected chi connectivity index (χ2v) is 2.63. The third kappa shape index (κ3) is 1.82. The maximum absolute atomic E-state index is 5.03. The Balaban J connectivity index is 2.56. The number of thioether (sulfide) groups is 1. The van der Waals surface area contributed by atoms with Crippen LogP contribution in [-0.2, 0) is 4.74 Å². The Bertz CT molecular complexity index is 167. The third-order valence-corrected chi connectivity index (χ3v) is 1.79. The minimum Gasteiger partial charge on any atom is -0.359 e. The molecule has 0 aromatic carbocycles. The van der Waals surface area contributed by atoms with Crippen molar-refractivity contribution in [2.75, 3.05) is 13.4 Å². The van der Waals surface area contributed by atoms with Gasteiger partial charge in [-0.3, -0.25) is 0 Å². The van der Waals surface area contributed by atoms with Crippen molar-refractivity contribution < 1.29 is 4.74 Å². The van der Waals surface area contributed by atoms with Crippen LogP contribution >= 0.6 is 11.8 Å². The molecule has 0 aromatic rings. The van der Waals surface area contributed by atoms with Crippen molar-refractivity contribution in [3.63, 3.8) is 0 Å². The Hall–Kier alpha value is -0.350. The summed E-state index contributed by atoms with van der Waals surface area (Å²) in [7, 11) is 1.66. The number of amidine groups is 1. The first-order valence-electron chi connectivity index (χ1n) is 3.04. The highest BCUT2D eigenvalue weighted by molar-refractivity contribution is 8.13. The predicted octanol–water partition coefficient (Wildman–Crippen LogP) is 1.15. The van der Waals surface area contributed by atoms with Crippen molar-refractivity contribution in [3.8, 4) is 0 Å². The summed E-state index contributed by atoms with van der Waals surface area (Å²) in [6, 6.07) is 0. The summed E-state index contributed by atoms with van der Waals surface area (Å²) >= 11 is 1.54. The van der Waals surface area contributed by atoms with Crippen LogP contribution < -0.4 is 0 Å². The maximum atomic E-state index is 5.03. The summed E-state index contributed by atoms with van der Waals surface area (Å²) in [4.78, 5) is 8.23. The van der Waals surface area contributed by atoms with E-state index >= 15 is 0 Å². The molecule has 0 aromatic heterocycles. The molecule has 1 atom stereocenters. The molecule has 4 heteroatoms. The van der Waals surface area contributed by atoms with E-state index < -0.39 is 0 Å². The topological polar surface area (TPSA) is 34.0 Å². The zero-order chi connectivity index (χ0) is 7.40. The normalized spacial score (nSPS) is 24.6. The van der Waals surface area contributed by atoms with Crippen LogP contribution in [0.4, 0.5) is 0 Å². The lowest BCUT2D eigenvalue weighted by Crippen LogP contribution is -2.13. The first-order chi connectivity index (χ1) is 4.86. The van der Waals surface area contributed by atoms with Crippen LogP contribution in [0, 0.1) is 0 Å². The lowest BCUT2D eigenvalue weighted by atomic mass is 10.4. The molecule has 1 aliphatic heterocycles. The first-order valence-corrected chi connectivity index (χ1v) is 4.26. The van der Waals surface area contributed by atoms with E-state index in [1.807, 2.05) is 12.5 Å². The Morgan fingerprint density at radius 3 is 3.20 bits per heavy atom. The second kappa shape index (κ2) is 3.73. The summed E-state index contributed by atoms with van der Waals surface area (Å²) in [5.41, 5.74) is 0. The van der Waals surface area contributed by atoms with Crippen molar-refractivity contribution in [2.45, 2.75) is 12.6 Å². The van der Waals surface area contributed by atoms with Gasteiger partial charge in [0, 0.05) is 19.7 Å². The van der Waals surface area contributed by atoms with Crippen LogP contribution in [0.2, 0.25) is 0 Å². The lowest BCUT2D eigenvalue weighted by Gasteiger charge is -2.11. The number of hydrogen-bond acceptors (Lipinski definition) is 4. The van der Waals surface area contributed by atoms with E-state index in [1.165, 1.54) is 11.8 Å². The standard InChI is InChI=1S/C6H10N2OS/c1-9-5-3-4-7-6(8-5)10-2/h4-5H,3H2,1-2H3. The molecule has 1 rings (SSSR count). The number of ether oxygens (including phenoxy) is 1. The van der Waals surface area contributed by atoms with Gasteiger partial charge in [0.15, 0.2) is 11.4 Å². The van der Waals surface area contributed by atoms with Gasteiger partial charge in [0.2, 0.25) is 0 Å². The molecule has 56 valence electrons. The molecule has 1 aliphatic rings. The molecule has 3 nitrogen and oxygen atoms in total. The van der Waals surface area contributed by atoms with Crippen LogP contribution in [-0.4, -0.2) is 31.0 Å². The lowest BCUT2D eigenvalue weighted by molar-refractivity contribution is 0.117. The monoisotopic (exact) mass is 158 g/mol. The number of methoxy groups -OCH3 is 1. The summed E-state index contributed by atoms with van der Waals surface area (Å²) < 4.78 is 5.03. The molecule has 0 amide bonds. The molecule has 0 spiro atoms. The van der Waals surface area contributed by atoms with E-state index in [0.717, 1.165) is 11.6 Å². The Morgan fingerprint density at radius 1 is 1.80 bits per heavy atom. The highest BCUT2D eigenvalue weighted by Gasteiger charge is 2.08. The third-order valence-electron chi connectivity index (χ3n) is 1.22. The van der Waals surface area contributed by atoms with Gasteiger partial charge in [-0.05, 0) is 6.26 Å². The molecule has 10 heavy (non-hydrogen) atoms. The number of rotatable bonds is 1. The number of nitrogens with zero attached hydrogens (tertiary/aromatic N) is 2. The zero-order valence-corrected chi connectivity index (χ0v) is 6.89. The molecule has 0 fully saturated rings. The van der Waals surface area contributed by atoms with Crippen LogP contribution in [0.3, 0.4) is 0 Å². The van der Waals surface area contributed by atoms with E-state index in [9.17, 15) is 0 Å². The van der Waals surface area contributed by atoms with Gasteiger partial charge in [-0.25, -0.2) is 9.98 Å². The van der Waals surface area contributed by atoms with Crippen molar-refractivity contribution in [1.29, 1.82) is 0 Å². The summed E-state index contributed by atoms with van der Waals surface area (Å²) in [5.74, 6) is 0. The summed E-state index contributed by atoms with van der Waals surface area (Å²) in [6.45, 7) is 0. The van der Waals surface area contributed by atoms with Gasteiger partial charge >= 0.3 is 0 Å². The van der Waals surface area contributed by atoms with Crippen molar-refractivity contribution in [3.05, 3.63) is 0 Å². The van der Waals surface area contributed by atoms with E-state index in [0.29, 0.717) is 0 Å². The minimum atomic E-state index is -0.0139. The van der Waals surface area contributed by atoms with E-state index in [2.05, 4.69) is 9.98 Å². The quantitative estimate of drug-likeness (QED) is 0.573. The molecule has 0 N–H and O–H groups in total. The van der Waals surface area contributed by atoms with Crippen molar-refractivity contribution in [1.82, 2.24) is 0 Å². The fourth-order valence-electron chi connectivity index (χ4n) is 0.685. The van der Waals surface area contributed by atoms with Gasteiger partial charge in [-0.1, -0.05) is 11.8 Å². The molecule has 0 radical (unpaired) electrons. The maximum Gasteiger partial charge on any atom is 0.184 e. The molecule has 0 aliphatic carbocycles. The molecule has 1 unspecified atom stereocenters. The molecule has 0 saturated heterocycles. The van der Waals surface area contributed by atoms with Crippen LogP contribution in [0.1, 0.15) is 6.42 Å². The van der Waals surface area contributed by atoms with E-state index in [4.69, 9.17) is 4.74 Å². The highest BCUT2D eigenvalue weighted by atomic mass is 32.2. The fourth-order valence-corrected chi connectivity index (χ4v) is 1.09. The highest BCUT2D eigenvalue weighted by Crippen LogP contribution is 2.09. The van der Waals surface area contributed by atoms with Gasteiger partial charge < -0.3 is 4.74 Å². The smallest absolute Gasteiger partial charge is 0.184 e. The van der Waals surface area contributed by atoms with Gasteiger partial charge in [0.1, 0.15) is 0 Å². The van der Waals surface area contributed by atoms with E-state index in [-0.39, 0.29) is 6.23 Å². The Morgan fingerprint density at radius 2 is 2.60 bits per heavy atom. The van der Waals surface area contributed by atoms with Crippen LogP contribution in [0.15, 0.2) is 9.98 Å². The minimum absolute atomic E-state index is 0.0139. The number of aliphatic imine (C=N–C) groups is 2. The van der Waals surface area contributed by atoms with Gasteiger partial charge in [0.25, 0.3) is 0 Å². The fraction of sp³-hybridized carbons (Fsp3) is 0.667. The van der Waals surface area contributed by atoms with Crippen molar-refractivity contribution >= 4 is 23.1 Å². The second-order valence-electron chi connectivity index (χ2n) is 1.85. The van der Waals surface area contributed by atoms with Crippen LogP contribution in [0.5, 0.6) is 0 Å². The zero-order valence-electron chi connectivity index (χ0n) is 6.07. The SMILES string of the molecule is COC1CC=NC(SC)=N1. The molecule has 1 heterocycles. The molecule has 0 bridgehead atoms. The van der Waals surface area contributed by atoms with Gasteiger partial charge in [-0.15, -0.1) is 0 Å². The average molecular weight is 158 g/mol. The predicted molar refractivity (Wildman–Crippen MR) is 44.9 cm³/mol. The first kappa shape index (κ1) is 7.75. The summed E-state index contributed by atoms with van der Waals surface area (Å²) in [6.07, 6.45) is 4.57. The van der Waals surface area contributed by atoms with Gasteiger partial charge in [0.05, 0.1) is 0 Å². The largest absolute Gasteiger partial charge is 0.359 e. The Labute approximate surface area is 64.6 Å². The van der Waals surface area contributed by atoms with Gasteiger partial charge in [-0.2, -0.15) is 0 Å². The molecule has 0 saturated carbocycles. The van der Waals surface area contributed by atoms with E-state index in [1.54, 1.807) is 7.11 Å². The van der Waals surface area contributed by atoms with Crippen LogP contribution in [0.25, 0.3) is 0 Å². The molecular formula is C6H10N2OS. The Kier molecular flexibility index (Phi) is 2.89. The summed E-state index contributed by atoms with van der Waals surface area (Å²) in [5, 5.41) is 0.804. The molecular weight excluding hydrogens is 148 g/mol. The van der Waals surface area contributed by atoms with Crippen molar-refractivity contribution in [2.24, 2.45) is 9.98 Å².